The molecule has 7 nitrogen and oxygen atoms in total. The number of carbonyl (C=O) groups excluding carboxylic acids is 2. The summed E-state index contributed by atoms with van der Waals surface area (Å²) in [6, 6.07) is 15.0. The van der Waals surface area contributed by atoms with Crippen LogP contribution in [0.2, 0.25) is 0 Å². The highest BCUT2D eigenvalue weighted by atomic mass is 16.5. The van der Waals surface area contributed by atoms with Crippen molar-refractivity contribution in [1.82, 2.24) is 10.6 Å². The molecular formula is C26H30N2O5. The molecule has 2 atom stereocenters. The maximum atomic E-state index is 12.9. The summed E-state index contributed by atoms with van der Waals surface area (Å²) in [5.41, 5.74) is 4.55. The van der Waals surface area contributed by atoms with Crippen molar-refractivity contribution in [1.29, 1.82) is 0 Å². The Balaban J connectivity index is 1.40. The van der Waals surface area contributed by atoms with Gasteiger partial charge in [0, 0.05) is 12.0 Å². The Morgan fingerprint density at radius 3 is 2.12 bits per heavy atom. The largest absolute Gasteiger partial charge is 0.481 e. The number of alkyl carbamates (subject to hydrolysis) is 1. The van der Waals surface area contributed by atoms with Crippen molar-refractivity contribution in [2.75, 3.05) is 6.61 Å². The molecular weight excluding hydrogens is 420 g/mol. The molecule has 0 radical (unpaired) electrons. The fraction of sp³-hybridized carbons (Fsp3) is 0.423. The van der Waals surface area contributed by atoms with Crippen molar-refractivity contribution in [3.63, 3.8) is 0 Å². The average molecular weight is 451 g/mol. The van der Waals surface area contributed by atoms with Gasteiger partial charge in [0.2, 0.25) is 5.91 Å². The van der Waals surface area contributed by atoms with Crippen LogP contribution in [0.15, 0.2) is 48.5 Å². The third-order valence-electron chi connectivity index (χ3n) is 6.78. The van der Waals surface area contributed by atoms with E-state index < -0.39 is 24.1 Å². The first-order valence-corrected chi connectivity index (χ1v) is 11.6. The second-order valence-corrected chi connectivity index (χ2v) is 8.85. The zero-order chi connectivity index (χ0) is 23.4. The predicted molar refractivity (Wildman–Crippen MR) is 124 cm³/mol. The maximum Gasteiger partial charge on any atom is 0.407 e. The highest BCUT2D eigenvalue weighted by Gasteiger charge is 2.36. The van der Waals surface area contributed by atoms with Gasteiger partial charge >= 0.3 is 12.1 Å². The molecule has 0 aromatic heterocycles. The van der Waals surface area contributed by atoms with Gasteiger partial charge in [-0.3, -0.25) is 9.59 Å². The van der Waals surface area contributed by atoms with Crippen LogP contribution in [-0.2, 0) is 14.3 Å². The summed E-state index contributed by atoms with van der Waals surface area (Å²) in [6.07, 6.45) is 2.42. The average Bonchev–Trinajstić information content (AvgIpc) is 3.09. The Morgan fingerprint density at radius 1 is 1.00 bits per heavy atom. The van der Waals surface area contributed by atoms with Gasteiger partial charge in [-0.15, -0.1) is 0 Å². The third kappa shape index (κ3) is 5.02. The number of rotatable bonds is 9. The van der Waals surface area contributed by atoms with Gasteiger partial charge in [-0.2, -0.15) is 0 Å². The molecule has 0 aliphatic heterocycles. The first-order chi connectivity index (χ1) is 16.0. The van der Waals surface area contributed by atoms with E-state index in [0.29, 0.717) is 6.42 Å². The van der Waals surface area contributed by atoms with E-state index in [-0.39, 0.29) is 30.8 Å². The smallest absolute Gasteiger partial charge is 0.407 e. The van der Waals surface area contributed by atoms with Gasteiger partial charge in [-0.1, -0.05) is 61.9 Å². The Morgan fingerprint density at radius 2 is 1.61 bits per heavy atom. The molecule has 3 N–H and O–H groups in total. The molecule has 0 bridgehead atoms. The lowest BCUT2D eigenvalue weighted by atomic mass is 9.79. The van der Waals surface area contributed by atoms with E-state index in [9.17, 15) is 14.4 Å². The molecule has 1 fully saturated rings. The summed E-state index contributed by atoms with van der Waals surface area (Å²) < 4.78 is 5.61. The zero-order valence-corrected chi connectivity index (χ0v) is 18.8. The van der Waals surface area contributed by atoms with E-state index >= 15 is 0 Å². The summed E-state index contributed by atoms with van der Waals surface area (Å²) in [7, 11) is 0. The van der Waals surface area contributed by atoms with Crippen LogP contribution in [0, 0.1) is 5.92 Å². The monoisotopic (exact) mass is 450 g/mol. The van der Waals surface area contributed by atoms with E-state index in [1.807, 2.05) is 31.2 Å². The summed E-state index contributed by atoms with van der Waals surface area (Å²) in [5.74, 6) is -1.33. The highest BCUT2D eigenvalue weighted by Crippen LogP contribution is 2.44. The van der Waals surface area contributed by atoms with Crippen LogP contribution < -0.4 is 10.6 Å². The van der Waals surface area contributed by atoms with Crippen molar-refractivity contribution in [3.05, 3.63) is 59.7 Å². The van der Waals surface area contributed by atoms with Crippen LogP contribution in [0.25, 0.3) is 11.1 Å². The molecule has 0 saturated heterocycles. The number of ether oxygens (including phenoxy) is 1. The number of carboxylic acid groups (broad SMARTS) is 1. The van der Waals surface area contributed by atoms with Crippen LogP contribution in [-0.4, -0.2) is 41.8 Å². The van der Waals surface area contributed by atoms with Crippen molar-refractivity contribution in [3.8, 4) is 11.1 Å². The van der Waals surface area contributed by atoms with Gasteiger partial charge in [0.1, 0.15) is 12.6 Å². The number of fused-ring (bicyclic) bond motifs is 3. The van der Waals surface area contributed by atoms with E-state index in [1.165, 1.54) is 0 Å². The lowest BCUT2D eigenvalue weighted by Crippen LogP contribution is -2.54. The van der Waals surface area contributed by atoms with Crippen molar-refractivity contribution >= 4 is 18.0 Å². The van der Waals surface area contributed by atoms with E-state index in [4.69, 9.17) is 9.84 Å². The van der Waals surface area contributed by atoms with Crippen LogP contribution in [0.5, 0.6) is 0 Å². The molecule has 174 valence electrons. The zero-order valence-electron chi connectivity index (χ0n) is 18.8. The fourth-order valence-corrected chi connectivity index (χ4v) is 4.74. The summed E-state index contributed by atoms with van der Waals surface area (Å²) in [6.45, 7) is 2.00. The number of hydrogen-bond acceptors (Lipinski definition) is 4. The first-order valence-electron chi connectivity index (χ1n) is 11.6. The predicted octanol–water partition coefficient (Wildman–Crippen LogP) is 4.06. The standard InChI is InChI=1S/C26H30N2O5/c1-2-17(14-23(29)30)27-25(31)24(16-8-7-9-16)28-26(32)33-15-22-20-12-5-3-10-18(20)19-11-4-6-13-21(19)22/h3-6,10-13,16-17,22,24H,2,7-9,14-15H2,1H3,(H,27,31)(H,28,32)(H,29,30)/t17-,24?/m1/s1. The van der Waals surface area contributed by atoms with Crippen molar-refractivity contribution in [2.24, 2.45) is 5.92 Å². The number of carboxylic acids is 1. The molecule has 2 amide bonds. The van der Waals surface area contributed by atoms with Gasteiger partial charge in [-0.05, 0) is 47.4 Å². The van der Waals surface area contributed by atoms with Crippen molar-refractivity contribution < 1.29 is 24.2 Å². The minimum Gasteiger partial charge on any atom is -0.481 e. The Hall–Kier alpha value is -3.35. The topological polar surface area (TPSA) is 105 Å². The number of hydrogen-bond donors (Lipinski definition) is 3. The van der Waals surface area contributed by atoms with Crippen LogP contribution >= 0.6 is 0 Å². The molecule has 2 aromatic rings. The molecule has 4 rings (SSSR count). The van der Waals surface area contributed by atoms with Gasteiger partial charge in [0.15, 0.2) is 0 Å². The normalized spacial score (nSPS) is 16.6. The molecule has 0 spiro atoms. The number of carbonyl (C=O) groups is 3. The second-order valence-electron chi connectivity index (χ2n) is 8.85. The molecule has 2 aliphatic rings. The number of amides is 2. The second kappa shape index (κ2) is 10.1. The third-order valence-corrected chi connectivity index (χ3v) is 6.78. The quantitative estimate of drug-likeness (QED) is 0.534. The van der Waals surface area contributed by atoms with Crippen LogP contribution in [0.1, 0.15) is 56.1 Å². The molecule has 33 heavy (non-hydrogen) atoms. The van der Waals surface area contributed by atoms with E-state index in [1.54, 1.807) is 0 Å². The molecule has 2 aromatic carbocycles. The number of aliphatic carboxylic acids is 1. The lowest BCUT2D eigenvalue weighted by molar-refractivity contribution is -0.137. The molecule has 7 heteroatoms. The van der Waals surface area contributed by atoms with Crippen LogP contribution in [0.3, 0.4) is 0 Å². The maximum absolute atomic E-state index is 12.9. The fourth-order valence-electron chi connectivity index (χ4n) is 4.74. The van der Waals surface area contributed by atoms with Gasteiger partial charge in [-0.25, -0.2) is 4.79 Å². The minimum absolute atomic E-state index is 0.0350. The Kier molecular flexibility index (Phi) is 6.96. The Bertz CT molecular complexity index is 987. The molecule has 1 saturated carbocycles. The lowest BCUT2D eigenvalue weighted by Gasteiger charge is -2.34. The molecule has 0 heterocycles. The van der Waals surface area contributed by atoms with E-state index in [2.05, 4.69) is 34.9 Å². The summed E-state index contributed by atoms with van der Waals surface area (Å²) >= 11 is 0. The summed E-state index contributed by atoms with van der Waals surface area (Å²) in [5, 5.41) is 14.6. The molecule has 2 aliphatic carbocycles. The van der Waals surface area contributed by atoms with E-state index in [0.717, 1.165) is 41.5 Å². The molecule has 1 unspecified atom stereocenters. The number of nitrogens with one attached hydrogen (secondary N) is 2. The van der Waals surface area contributed by atoms with Gasteiger partial charge in [0.25, 0.3) is 0 Å². The SMILES string of the molecule is CC[C@H](CC(=O)O)NC(=O)C(NC(=O)OCC1c2ccccc2-c2ccccc21)C1CCC1. The van der Waals surface area contributed by atoms with Gasteiger partial charge in [0.05, 0.1) is 6.42 Å². The first kappa shape index (κ1) is 22.8. The number of benzene rings is 2. The Labute approximate surface area is 193 Å². The van der Waals surface area contributed by atoms with Crippen molar-refractivity contribution in [2.45, 2.75) is 57.0 Å². The minimum atomic E-state index is -0.966. The van der Waals surface area contributed by atoms with Gasteiger partial charge < -0.3 is 20.5 Å². The highest BCUT2D eigenvalue weighted by molar-refractivity contribution is 5.87. The summed E-state index contributed by atoms with van der Waals surface area (Å²) in [4.78, 5) is 36.6. The van der Waals surface area contributed by atoms with Crippen LogP contribution in [0.4, 0.5) is 4.79 Å².